The summed E-state index contributed by atoms with van der Waals surface area (Å²) in [6.07, 6.45) is 1.08. The van der Waals surface area contributed by atoms with Crippen LogP contribution in [-0.4, -0.2) is 26.2 Å². The molecule has 2 aliphatic rings. The highest BCUT2D eigenvalue weighted by molar-refractivity contribution is 5.76. The summed E-state index contributed by atoms with van der Waals surface area (Å²) in [5, 5.41) is 16.4. The van der Waals surface area contributed by atoms with Gasteiger partial charge in [-0.2, -0.15) is 5.26 Å². The molecule has 1 saturated heterocycles. The molecule has 0 spiro atoms. The number of hydrogen-bond donors (Lipinski definition) is 2. The highest BCUT2D eigenvalue weighted by Gasteiger charge is 2.39. The average molecular weight is 322 g/mol. The molecule has 0 aliphatic carbocycles. The van der Waals surface area contributed by atoms with Gasteiger partial charge in [0.25, 0.3) is 0 Å². The lowest BCUT2D eigenvalue weighted by atomic mass is 9.89. The van der Waals surface area contributed by atoms with Crippen molar-refractivity contribution in [2.24, 2.45) is 0 Å². The van der Waals surface area contributed by atoms with Gasteiger partial charge in [0.2, 0.25) is 0 Å². The van der Waals surface area contributed by atoms with E-state index in [0.29, 0.717) is 17.5 Å². The molecule has 122 valence electrons. The number of nitrogens with one attached hydrogen (secondary N) is 2. The zero-order chi connectivity index (χ0) is 16.7. The van der Waals surface area contributed by atoms with Crippen LogP contribution in [0.3, 0.4) is 0 Å². The van der Waals surface area contributed by atoms with Gasteiger partial charge in [0.05, 0.1) is 11.3 Å². The van der Waals surface area contributed by atoms with Crippen LogP contribution in [0.5, 0.6) is 0 Å². The maximum atomic E-state index is 13.1. The summed E-state index contributed by atoms with van der Waals surface area (Å²) in [5.74, 6) is 0.144. The average Bonchev–Trinajstić information content (AvgIpc) is 2.90. The number of nitrogens with zero attached hydrogens (tertiary/aromatic N) is 2. The van der Waals surface area contributed by atoms with Crippen molar-refractivity contribution in [1.29, 1.82) is 5.26 Å². The molecule has 0 bridgehead atoms. The molecule has 0 unspecified atom stereocenters. The van der Waals surface area contributed by atoms with E-state index in [1.807, 2.05) is 6.07 Å². The van der Waals surface area contributed by atoms with E-state index >= 15 is 0 Å². The van der Waals surface area contributed by atoms with E-state index in [1.165, 1.54) is 17.7 Å². The number of anilines is 3. The van der Waals surface area contributed by atoms with E-state index in [1.54, 1.807) is 12.1 Å². The van der Waals surface area contributed by atoms with Gasteiger partial charge in [-0.3, -0.25) is 0 Å². The van der Waals surface area contributed by atoms with Crippen molar-refractivity contribution >= 4 is 17.1 Å². The fraction of sp³-hybridized carbons (Fsp3) is 0.316. The molecule has 2 aromatic carbocycles. The zero-order valence-corrected chi connectivity index (χ0v) is 13.5. The van der Waals surface area contributed by atoms with Crippen LogP contribution in [-0.2, 0) is 0 Å². The molecule has 0 amide bonds. The third-order valence-corrected chi connectivity index (χ3v) is 5.09. The van der Waals surface area contributed by atoms with Gasteiger partial charge in [-0.25, -0.2) is 4.39 Å². The largest absolute Gasteiger partial charge is 0.370 e. The number of piperidine rings is 1. The molecule has 0 aromatic heterocycles. The Morgan fingerprint density at radius 2 is 2.04 bits per heavy atom. The molecule has 0 radical (unpaired) electrons. The first-order chi connectivity index (χ1) is 11.7. The van der Waals surface area contributed by atoms with Gasteiger partial charge in [0, 0.05) is 36.9 Å². The first kappa shape index (κ1) is 15.0. The molecule has 2 aliphatic heterocycles. The van der Waals surface area contributed by atoms with Crippen LogP contribution in [0.4, 0.5) is 21.5 Å². The van der Waals surface area contributed by atoms with Gasteiger partial charge >= 0.3 is 0 Å². The van der Waals surface area contributed by atoms with E-state index in [4.69, 9.17) is 0 Å². The minimum Gasteiger partial charge on any atom is -0.370 e. The Hall–Kier alpha value is -2.58. The van der Waals surface area contributed by atoms with E-state index in [2.05, 4.69) is 34.7 Å². The predicted octanol–water partition coefficient (Wildman–Crippen LogP) is 3.34. The summed E-state index contributed by atoms with van der Waals surface area (Å²) in [5.41, 5.74) is 4.65. The summed E-state index contributed by atoms with van der Waals surface area (Å²) >= 11 is 0. The summed E-state index contributed by atoms with van der Waals surface area (Å²) < 4.78 is 13.1. The van der Waals surface area contributed by atoms with Crippen molar-refractivity contribution in [3.05, 3.63) is 53.3 Å². The van der Waals surface area contributed by atoms with Gasteiger partial charge in [-0.15, -0.1) is 0 Å². The maximum absolute atomic E-state index is 13.1. The highest BCUT2D eigenvalue weighted by Crippen LogP contribution is 2.45. The molecule has 0 saturated carbocycles. The van der Waals surface area contributed by atoms with Crippen molar-refractivity contribution in [1.82, 2.24) is 5.32 Å². The van der Waals surface area contributed by atoms with Crippen LogP contribution in [0.15, 0.2) is 36.4 Å². The fourth-order valence-electron chi connectivity index (χ4n) is 3.98. The smallest absolute Gasteiger partial charge is 0.123 e. The van der Waals surface area contributed by atoms with Crippen molar-refractivity contribution < 1.29 is 4.39 Å². The Kier molecular flexibility index (Phi) is 3.62. The highest BCUT2D eigenvalue weighted by atomic mass is 19.1. The third kappa shape index (κ3) is 2.40. The third-order valence-electron chi connectivity index (χ3n) is 5.09. The van der Waals surface area contributed by atoms with Crippen LogP contribution < -0.4 is 15.5 Å². The maximum Gasteiger partial charge on any atom is 0.123 e. The Labute approximate surface area is 140 Å². The van der Waals surface area contributed by atoms with Crippen LogP contribution in [0.2, 0.25) is 0 Å². The number of fused-ring (bicyclic) bond motifs is 3. The monoisotopic (exact) mass is 322 g/mol. The normalized spacial score (nSPS) is 21.8. The van der Waals surface area contributed by atoms with E-state index in [0.717, 1.165) is 36.6 Å². The lowest BCUT2D eigenvalue weighted by Crippen LogP contribution is -2.42. The Bertz CT molecular complexity index is 809. The molecule has 2 N–H and O–H groups in total. The summed E-state index contributed by atoms with van der Waals surface area (Å²) in [4.78, 5) is 2.26. The molecule has 2 aromatic rings. The van der Waals surface area contributed by atoms with E-state index < -0.39 is 0 Å². The second-order valence-electron chi connectivity index (χ2n) is 6.48. The van der Waals surface area contributed by atoms with Crippen LogP contribution >= 0.6 is 0 Å². The van der Waals surface area contributed by atoms with Crippen molar-refractivity contribution in [2.75, 3.05) is 30.4 Å². The second kappa shape index (κ2) is 5.81. The molecule has 4 rings (SSSR count). The zero-order valence-electron chi connectivity index (χ0n) is 13.5. The van der Waals surface area contributed by atoms with Gasteiger partial charge in [-0.1, -0.05) is 0 Å². The number of rotatable bonds is 2. The van der Waals surface area contributed by atoms with E-state index in [-0.39, 0.29) is 5.82 Å². The number of likely N-dealkylation sites (N-methyl/N-ethyl adjacent to an activating group) is 1. The molecule has 4 nitrogen and oxygen atoms in total. The molecule has 24 heavy (non-hydrogen) atoms. The van der Waals surface area contributed by atoms with Crippen LogP contribution in [0.25, 0.3) is 0 Å². The summed E-state index contributed by atoms with van der Waals surface area (Å²) in [6.45, 7) is 1.95. The van der Waals surface area contributed by atoms with Crippen molar-refractivity contribution in [3.8, 4) is 6.07 Å². The van der Waals surface area contributed by atoms with Crippen molar-refractivity contribution in [2.45, 2.75) is 18.4 Å². The van der Waals surface area contributed by atoms with Crippen molar-refractivity contribution in [3.63, 3.8) is 0 Å². The Balaban J connectivity index is 1.74. The molecule has 1 fully saturated rings. The SMILES string of the molecule is CN1c2c(C#N)cc(Nc3ccc(F)cc3)cc2[C@@H]2CNCC[C@@H]21. The van der Waals surface area contributed by atoms with E-state index in [9.17, 15) is 9.65 Å². The lowest BCUT2D eigenvalue weighted by molar-refractivity contribution is 0.413. The van der Waals surface area contributed by atoms with Crippen LogP contribution in [0, 0.1) is 17.1 Å². The minimum absolute atomic E-state index is 0.259. The lowest BCUT2D eigenvalue weighted by Gasteiger charge is -2.31. The van der Waals surface area contributed by atoms with Crippen LogP contribution in [0.1, 0.15) is 23.5 Å². The molecule has 2 atom stereocenters. The van der Waals surface area contributed by atoms with Gasteiger partial charge in [0.1, 0.15) is 11.9 Å². The fourth-order valence-corrected chi connectivity index (χ4v) is 3.98. The molecular weight excluding hydrogens is 303 g/mol. The standard InChI is InChI=1S/C19H19FN4/c1-24-18-6-7-22-11-17(18)16-9-15(8-12(10-21)19(16)24)23-14-4-2-13(20)3-5-14/h2-5,8-9,17-18,22-23H,6-7,11H2,1H3/t17-,18-/m0/s1. The summed E-state index contributed by atoms with van der Waals surface area (Å²) in [7, 11) is 2.09. The first-order valence-electron chi connectivity index (χ1n) is 8.21. The topological polar surface area (TPSA) is 51.1 Å². The number of nitriles is 1. The number of hydrogen-bond acceptors (Lipinski definition) is 4. The number of benzene rings is 2. The Morgan fingerprint density at radius 3 is 2.79 bits per heavy atom. The molecule has 2 heterocycles. The summed E-state index contributed by atoms with van der Waals surface area (Å²) in [6, 6.07) is 13.1. The van der Waals surface area contributed by atoms with Gasteiger partial charge in [0.15, 0.2) is 0 Å². The van der Waals surface area contributed by atoms with Gasteiger partial charge in [-0.05, 0) is 54.9 Å². The first-order valence-corrected chi connectivity index (χ1v) is 8.21. The predicted molar refractivity (Wildman–Crippen MR) is 93.3 cm³/mol. The van der Waals surface area contributed by atoms with Gasteiger partial charge < -0.3 is 15.5 Å². The quantitative estimate of drug-likeness (QED) is 0.890. The Morgan fingerprint density at radius 1 is 1.25 bits per heavy atom. The second-order valence-corrected chi connectivity index (χ2v) is 6.48. The minimum atomic E-state index is -0.259. The molecule has 5 heteroatoms. The molecular formula is C19H19FN4. The number of halogens is 1.